The van der Waals surface area contributed by atoms with Crippen molar-refractivity contribution in [3.63, 3.8) is 0 Å². The van der Waals surface area contributed by atoms with Gasteiger partial charge in [-0.3, -0.25) is 9.59 Å². The number of carbonyl (C=O) groups excluding carboxylic acids is 2. The Balaban J connectivity index is 1.31. The van der Waals surface area contributed by atoms with Crippen LogP contribution in [-0.4, -0.2) is 39.4 Å². The zero-order valence-electron chi connectivity index (χ0n) is 17.5. The van der Waals surface area contributed by atoms with Crippen LogP contribution in [0.1, 0.15) is 51.5 Å². The number of rotatable bonds is 7. The zero-order chi connectivity index (χ0) is 21.6. The molecular formula is C23H26N4O3S. The molecule has 3 aromatic rings. The molecule has 0 aliphatic carbocycles. The van der Waals surface area contributed by atoms with E-state index in [9.17, 15) is 9.59 Å². The minimum Gasteiger partial charge on any atom is -0.455 e. The summed E-state index contributed by atoms with van der Waals surface area (Å²) in [5, 5.41) is 3.76. The second-order valence-electron chi connectivity index (χ2n) is 7.61. The van der Waals surface area contributed by atoms with Crippen LogP contribution >= 0.6 is 11.8 Å². The molecule has 1 aliphatic heterocycles. The van der Waals surface area contributed by atoms with Gasteiger partial charge in [0.05, 0.1) is 5.75 Å². The fourth-order valence-corrected chi connectivity index (χ4v) is 4.39. The topological polar surface area (TPSA) is 80.4 Å². The fourth-order valence-electron chi connectivity index (χ4n) is 3.57. The molecule has 7 nitrogen and oxygen atoms in total. The largest absolute Gasteiger partial charge is 0.455 e. The van der Waals surface area contributed by atoms with Crippen molar-refractivity contribution in [2.24, 2.45) is 7.05 Å². The summed E-state index contributed by atoms with van der Waals surface area (Å²) in [4.78, 5) is 31.4. The van der Waals surface area contributed by atoms with Gasteiger partial charge in [-0.25, -0.2) is 4.98 Å². The molecule has 4 rings (SSSR count). The average molecular weight is 439 g/mol. The summed E-state index contributed by atoms with van der Waals surface area (Å²) in [6.45, 7) is 1.97. The number of aryl methyl sites for hydroxylation is 1. The van der Waals surface area contributed by atoms with Crippen molar-refractivity contribution in [1.29, 1.82) is 0 Å². The third kappa shape index (κ3) is 5.38. The van der Waals surface area contributed by atoms with E-state index >= 15 is 0 Å². The molecular weight excluding hydrogens is 412 g/mol. The van der Waals surface area contributed by atoms with Gasteiger partial charge in [0.15, 0.2) is 10.9 Å². The molecule has 2 amide bonds. The normalized spacial score (nSPS) is 13.9. The molecule has 1 N–H and O–H groups in total. The van der Waals surface area contributed by atoms with Gasteiger partial charge in [-0.15, -0.1) is 0 Å². The Morgan fingerprint density at radius 1 is 1.16 bits per heavy atom. The first kappa shape index (κ1) is 21.2. The SMILES string of the molecule is Cn1ccnc1SCc1ccc(C(=O)NCc2cccc(C(=O)N3CCCCC3)c2)o1. The van der Waals surface area contributed by atoms with Gasteiger partial charge in [0, 0.05) is 44.6 Å². The van der Waals surface area contributed by atoms with Crippen molar-refractivity contribution in [3.05, 3.63) is 71.4 Å². The maximum atomic E-state index is 12.7. The van der Waals surface area contributed by atoms with Gasteiger partial charge in [0.1, 0.15) is 5.76 Å². The number of benzene rings is 1. The summed E-state index contributed by atoms with van der Waals surface area (Å²) in [5.74, 6) is 1.37. The van der Waals surface area contributed by atoms with Gasteiger partial charge in [-0.2, -0.15) is 0 Å². The van der Waals surface area contributed by atoms with Gasteiger partial charge < -0.3 is 19.2 Å². The first-order valence-electron chi connectivity index (χ1n) is 10.5. The molecule has 1 aromatic carbocycles. The van der Waals surface area contributed by atoms with E-state index in [1.54, 1.807) is 24.0 Å². The van der Waals surface area contributed by atoms with E-state index < -0.39 is 0 Å². The molecule has 1 saturated heterocycles. The van der Waals surface area contributed by atoms with Crippen LogP contribution in [0.25, 0.3) is 0 Å². The van der Waals surface area contributed by atoms with Crippen LogP contribution in [0, 0.1) is 0 Å². The van der Waals surface area contributed by atoms with Crippen LogP contribution < -0.4 is 5.32 Å². The summed E-state index contributed by atoms with van der Waals surface area (Å²) in [5.41, 5.74) is 1.55. The number of furan rings is 1. The molecule has 1 aliphatic rings. The van der Waals surface area contributed by atoms with E-state index in [0.717, 1.165) is 36.7 Å². The number of aromatic nitrogens is 2. The van der Waals surface area contributed by atoms with E-state index in [2.05, 4.69) is 10.3 Å². The lowest BCUT2D eigenvalue weighted by Crippen LogP contribution is -2.35. The Labute approximate surface area is 185 Å². The third-order valence-corrected chi connectivity index (χ3v) is 6.36. The predicted octanol–water partition coefficient (Wildman–Crippen LogP) is 3.86. The van der Waals surface area contributed by atoms with E-state index in [4.69, 9.17) is 4.42 Å². The van der Waals surface area contributed by atoms with E-state index in [1.165, 1.54) is 6.42 Å². The van der Waals surface area contributed by atoms with Crippen molar-refractivity contribution in [1.82, 2.24) is 19.8 Å². The fraction of sp³-hybridized carbons (Fsp3) is 0.348. The summed E-state index contributed by atoms with van der Waals surface area (Å²) in [6, 6.07) is 10.9. The maximum Gasteiger partial charge on any atom is 0.287 e. The van der Waals surface area contributed by atoms with E-state index in [-0.39, 0.29) is 17.6 Å². The monoisotopic (exact) mass is 438 g/mol. The van der Waals surface area contributed by atoms with Gasteiger partial charge in [0.2, 0.25) is 0 Å². The highest BCUT2D eigenvalue weighted by molar-refractivity contribution is 7.98. The van der Waals surface area contributed by atoms with Crippen molar-refractivity contribution in [3.8, 4) is 0 Å². The molecule has 2 aromatic heterocycles. The Morgan fingerprint density at radius 2 is 2.00 bits per heavy atom. The van der Waals surface area contributed by atoms with Gasteiger partial charge in [-0.05, 0) is 49.1 Å². The Kier molecular flexibility index (Phi) is 6.76. The van der Waals surface area contributed by atoms with Gasteiger partial charge in [-0.1, -0.05) is 23.9 Å². The highest BCUT2D eigenvalue weighted by Crippen LogP contribution is 2.22. The number of nitrogens with zero attached hydrogens (tertiary/aromatic N) is 3. The number of amides is 2. The minimum absolute atomic E-state index is 0.0637. The second-order valence-corrected chi connectivity index (χ2v) is 8.55. The lowest BCUT2D eigenvalue weighted by atomic mass is 10.1. The number of hydrogen-bond acceptors (Lipinski definition) is 5. The van der Waals surface area contributed by atoms with Crippen molar-refractivity contribution >= 4 is 23.6 Å². The third-order valence-electron chi connectivity index (χ3n) is 5.28. The number of hydrogen-bond donors (Lipinski definition) is 1. The number of nitrogens with one attached hydrogen (secondary N) is 1. The summed E-state index contributed by atoms with van der Waals surface area (Å²) in [7, 11) is 1.94. The number of carbonyl (C=O) groups is 2. The van der Waals surface area contributed by atoms with Crippen molar-refractivity contribution in [2.45, 2.75) is 36.7 Å². The molecule has 3 heterocycles. The Hall–Kier alpha value is -3.00. The summed E-state index contributed by atoms with van der Waals surface area (Å²) >= 11 is 1.55. The molecule has 0 radical (unpaired) electrons. The van der Waals surface area contributed by atoms with Crippen LogP contribution in [-0.2, 0) is 19.3 Å². The van der Waals surface area contributed by atoms with Crippen LogP contribution in [0.5, 0.6) is 0 Å². The van der Waals surface area contributed by atoms with Crippen molar-refractivity contribution < 1.29 is 14.0 Å². The molecule has 1 fully saturated rings. The number of piperidine rings is 1. The first-order valence-corrected chi connectivity index (χ1v) is 11.4. The quantitative estimate of drug-likeness (QED) is 0.567. The molecule has 0 atom stereocenters. The maximum absolute atomic E-state index is 12.7. The zero-order valence-corrected chi connectivity index (χ0v) is 18.4. The van der Waals surface area contributed by atoms with Crippen LogP contribution in [0.3, 0.4) is 0 Å². The molecule has 0 bridgehead atoms. The van der Waals surface area contributed by atoms with E-state index in [1.807, 2.05) is 53.0 Å². The van der Waals surface area contributed by atoms with Crippen LogP contribution in [0.2, 0.25) is 0 Å². The molecule has 8 heteroatoms. The highest BCUT2D eigenvalue weighted by atomic mass is 32.2. The van der Waals surface area contributed by atoms with Gasteiger partial charge in [0.25, 0.3) is 11.8 Å². The lowest BCUT2D eigenvalue weighted by Gasteiger charge is -2.26. The van der Waals surface area contributed by atoms with Crippen molar-refractivity contribution in [2.75, 3.05) is 13.1 Å². The summed E-state index contributed by atoms with van der Waals surface area (Å²) in [6.07, 6.45) is 6.95. The average Bonchev–Trinajstić information content (AvgIpc) is 3.45. The van der Waals surface area contributed by atoms with E-state index in [0.29, 0.717) is 23.6 Å². The number of likely N-dealkylation sites (tertiary alicyclic amines) is 1. The minimum atomic E-state index is -0.277. The molecule has 31 heavy (non-hydrogen) atoms. The lowest BCUT2D eigenvalue weighted by molar-refractivity contribution is 0.0724. The molecule has 0 spiro atoms. The smallest absolute Gasteiger partial charge is 0.287 e. The number of imidazole rings is 1. The highest BCUT2D eigenvalue weighted by Gasteiger charge is 2.18. The first-order chi connectivity index (χ1) is 15.1. The van der Waals surface area contributed by atoms with Crippen LogP contribution in [0.15, 0.2) is 58.4 Å². The van der Waals surface area contributed by atoms with Gasteiger partial charge >= 0.3 is 0 Å². The molecule has 0 unspecified atom stereocenters. The Morgan fingerprint density at radius 3 is 2.77 bits per heavy atom. The predicted molar refractivity (Wildman–Crippen MR) is 119 cm³/mol. The Bertz CT molecular complexity index is 1050. The molecule has 162 valence electrons. The summed E-state index contributed by atoms with van der Waals surface area (Å²) < 4.78 is 7.62. The number of thioether (sulfide) groups is 1. The second kappa shape index (κ2) is 9.87. The van der Waals surface area contributed by atoms with Crippen LogP contribution in [0.4, 0.5) is 0 Å². The molecule has 0 saturated carbocycles. The standard InChI is InChI=1S/C23H26N4O3S/c1-26-13-10-24-23(26)31-16-19-8-9-20(30-19)21(28)25-15-17-6-5-7-18(14-17)22(29)27-11-3-2-4-12-27/h5-10,13-14H,2-4,11-12,15-16H2,1H3,(H,25,28).